The highest BCUT2D eigenvalue weighted by Crippen LogP contribution is 2.27. The number of nitrogens with zero attached hydrogens (tertiary/aromatic N) is 2. The lowest BCUT2D eigenvalue weighted by Gasteiger charge is -2.48. The van der Waals surface area contributed by atoms with Crippen LogP contribution in [0.15, 0.2) is 0 Å². The maximum atomic E-state index is 6.31. The van der Waals surface area contributed by atoms with Crippen LogP contribution in [0.4, 0.5) is 0 Å². The van der Waals surface area contributed by atoms with Gasteiger partial charge in [0.15, 0.2) is 0 Å². The van der Waals surface area contributed by atoms with Crippen molar-refractivity contribution in [1.82, 2.24) is 9.80 Å². The number of piperidine rings is 2. The third-order valence-electron chi connectivity index (χ3n) is 4.24. The van der Waals surface area contributed by atoms with E-state index in [4.69, 9.17) is 5.73 Å². The van der Waals surface area contributed by atoms with Crippen molar-refractivity contribution in [1.29, 1.82) is 0 Å². The van der Waals surface area contributed by atoms with Crippen LogP contribution in [0.1, 0.15) is 26.2 Å². The SMILES string of the molecule is CCCCCN1CC2CN(C)CC(C1)C2N. The van der Waals surface area contributed by atoms with Gasteiger partial charge in [-0.3, -0.25) is 0 Å². The summed E-state index contributed by atoms with van der Waals surface area (Å²) < 4.78 is 0. The Morgan fingerprint density at radius 2 is 1.69 bits per heavy atom. The van der Waals surface area contributed by atoms with E-state index in [0.717, 1.165) is 0 Å². The zero-order chi connectivity index (χ0) is 11.5. The van der Waals surface area contributed by atoms with E-state index in [9.17, 15) is 0 Å². The van der Waals surface area contributed by atoms with Gasteiger partial charge in [0.1, 0.15) is 0 Å². The van der Waals surface area contributed by atoms with Gasteiger partial charge in [0.25, 0.3) is 0 Å². The monoisotopic (exact) mass is 225 g/mol. The van der Waals surface area contributed by atoms with E-state index < -0.39 is 0 Å². The first-order valence-electron chi connectivity index (χ1n) is 6.87. The number of fused-ring (bicyclic) bond motifs is 2. The predicted molar refractivity (Wildman–Crippen MR) is 68.4 cm³/mol. The van der Waals surface area contributed by atoms with E-state index in [1.807, 2.05) is 0 Å². The molecule has 0 amide bonds. The molecule has 3 nitrogen and oxygen atoms in total. The lowest BCUT2D eigenvalue weighted by Crippen LogP contribution is -2.62. The predicted octanol–water partition coefficient (Wildman–Crippen LogP) is 0.997. The zero-order valence-corrected chi connectivity index (χ0v) is 10.9. The van der Waals surface area contributed by atoms with Gasteiger partial charge in [-0.25, -0.2) is 0 Å². The number of rotatable bonds is 4. The fraction of sp³-hybridized carbons (Fsp3) is 1.00. The second-order valence-electron chi connectivity index (χ2n) is 5.79. The smallest absolute Gasteiger partial charge is 0.0145 e. The molecule has 2 aliphatic rings. The van der Waals surface area contributed by atoms with Crippen LogP contribution in [0.3, 0.4) is 0 Å². The van der Waals surface area contributed by atoms with E-state index in [1.54, 1.807) is 0 Å². The molecule has 3 heteroatoms. The van der Waals surface area contributed by atoms with Crippen molar-refractivity contribution in [2.75, 3.05) is 39.8 Å². The molecule has 2 saturated heterocycles. The van der Waals surface area contributed by atoms with E-state index in [2.05, 4.69) is 23.8 Å². The summed E-state index contributed by atoms with van der Waals surface area (Å²) in [4.78, 5) is 5.11. The Balaban J connectivity index is 1.83. The average Bonchev–Trinajstić information content (AvgIpc) is 2.21. The van der Waals surface area contributed by atoms with Gasteiger partial charge in [-0.2, -0.15) is 0 Å². The lowest BCUT2D eigenvalue weighted by molar-refractivity contribution is 0.0233. The van der Waals surface area contributed by atoms with Crippen LogP contribution < -0.4 is 5.73 Å². The van der Waals surface area contributed by atoms with Gasteiger partial charge in [-0.1, -0.05) is 19.8 Å². The second-order valence-corrected chi connectivity index (χ2v) is 5.79. The Labute approximate surface area is 100.0 Å². The number of unbranched alkanes of at least 4 members (excludes halogenated alkanes) is 2. The van der Waals surface area contributed by atoms with Gasteiger partial charge in [-0.15, -0.1) is 0 Å². The fourth-order valence-electron chi connectivity index (χ4n) is 3.37. The summed E-state index contributed by atoms with van der Waals surface area (Å²) in [5.41, 5.74) is 6.31. The molecule has 0 radical (unpaired) electrons. The molecule has 0 aromatic rings. The number of nitrogens with two attached hydrogens (primary N) is 1. The molecular formula is C13H27N3. The van der Waals surface area contributed by atoms with E-state index in [0.29, 0.717) is 17.9 Å². The molecule has 2 aliphatic heterocycles. The summed E-state index contributed by atoms with van der Waals surface area (Å²) in [6.45, 7) is 8.41. The standard InChI is InChI=1S/C13H27N3/c1-3-4-5-6-16-9-11-7-15(2)8-12(10-16)13(11)14/h11-13H,3-10,14H2,1-2H3. The highest BCUT2D eigenvalue weighted by Gasteiger charge is 2.38. The molecule has 16 heavy (non-hydrogen) atoms. The van der Waals surface area contributed by atoms with Crippen molar-refractivity contribution in [3.8, 4) is 0 Å². The zero-order valence-electron chi connectivity index (χ0n) is 10.9. The Morgan fingerprint density at radius 3 is 2.25 bits per heavy atom. The summed E-state index contributed by atoms with van der Waals surface area (Å²) in [7, 11) is 2.23. The quantitative estimate of drug-likeness (QED) is 0.725. The maximum absolute atomic E-state index is 6.31. The van der Waals surface area contributed by atoms with Gasteiger partial charge in [0.2, 0.25) is 0 Å². The lowest BCUT2D eigenvalue weighted by atomic mass is 9.80. The van der Waals surface area contributed by atoms with E-state index >= 15 is 0 Å². The molecule has 2 fully saturated rings. The topological polar surface area (TPSA) is 32.5 Å². The molecule has 2 unspecified atom stereocenters. The Bertz CT molecular complexity index is 203. The minimum Gasteiger partial charge on any atom is -0.327 e. The molecule has 0 aromatic carbocycles. The fourth-order valence-corrected chi connectivity index (χ4v) is 3.37. The summed E-state index contributed by atoms with van der Waals surface area (Å²) in [6.07, 6.45) is 4.06. The Morgan fingerprint density at radius 1 is 1.06 bits per heavy atom. The second kappa shape index (κ2) is 5.48. The molecule has 0 aliphatic carbocycles. The molecular weight excluding hydrogens is 198 g/mol. The van der Waals surface area contributed by atoms with Crippen LogP contribution in [0, 0.1) is 11.8 Å². The van der Waals surface area contributed by atoms with Crippen molar-refractivity contribution in [2.24, 2.45) is 17.6 Å². The van der Waals surface area contributed by atoms with Crippen molar-refractivity contribution in [3.63, 3.8) is 0 Å². The van der Waals surface area contributed by atoms with Crippen molar-refractivity contribution in [2.45, 2.75) is 32.2 Å². The normalized spacial score (nSPS) is 36.6. The molecule has 2 rings (SSSR count). The highest BCUT2D eigenvalue weighted by molar-refractivity contribution is 4.95. The number of likely N-dealkylation sites (tertiary alicyclic amines) is 2. The Kier molecular flexibility index (Phi) is 4.22. The van der Waals surface area contributed by atoms with Crippen LogP contribution in [0.25, 0.3) is 0 Å². The van der Waals surface area contributed by atoms with E-state index in [1.165, 1.54) is 52.0 Å². The molecule has 2 N–H and O–H groups in total. The van der Waals surface area contributed by atoms with Crippen LogP contribution in [-0.4, -0.2) is 55.6 Å². The summed E-state index contributed by atoms with van der Waals surface area (Å²) in [5.74, 6) is 1.42. The van der Waals surface area contributed by atoms with Crippen LogP contribution >= 0.6 is 0 Å². The molecule has 0 spiro atoms. The summed E-state index contributed by atoms with van der Waals surface area (Å²) in [5, 5.41) is 0. The molecule has 2 heterocycles. The van der Waals surface area contributed by atoms with Crippen molar-refractivity contribution in [3.05, 3.63) is 0 Å². The van der Waals surface area contributed by atoms with Crippen LogP contribution in [0.5, 0.6) is 0 Å². The van der Waals surface area contributed by atoms with Gasteiger partial charge in [0, 0.05) is 32.2 Å². The minimum absolute atomic E-state index is 0.457. The van der Waals surface area contributed by atoms with Gasteiger partial charge in [-0.05, 0) is 31.8 Å². The van der Waals surface area contributed by atoms with Crippen molar-refractivity contribution >= 4 is 0 Å². The molecule has 2 bridgehead atoms. The van der Waals surface area contributed by atoms with Gasteiger partial charge < -0.3 is 15.5 Å². The first-order valence-corrected chi connectivity index (χ1v) is 6.87. The molecule has 2 atom stereocenters. The molecule has 0 saturated carbocycles. The molecule has 94 valence electrons. The van der Waals surface area contributed by atoms with Gasteiger partial charge >= 0.3 is 0 Å². The number of hydrogen-bond acceptors (Lipinski definition) is 3. The van der Waals surface area contributed by atoms with Crippen LogP contribution in [0.2, 0.25) is 0 Å². The third kappa shape index (κ3) is 2.76. The maximum Gasteiger partial charge on any atom is 0.0145 e. The first kappa shape index (κ1) is 12.3. The first-order chi connectivity index (χ1) is 7.70. The van der Waals surface area contributed by atoms with Gasteiger partial charge in [0.05, 0.1) is 0 Å². The average molecular weight is 225 g/mol. The van der Waals surface area contributed by atoms with E-state index in [-0.39, 0.29) is 0 Å². The Hall–Kier alpha value is -0.120. The summed E-state index contributed by atoms with van der Waals surface area (Å²) >= 11 is 0. The molecule has 0 aromatic heterocycles. The number of hydrogen-bond donors (Lipinski definition) is 1. The van der Waals surface area contributed by atoms with Crippen molar-refractivity contribution < 1.29 is 0 Å². The van der Waals surface area contributed by atoms with Crippen LogP contribution in [-0.2, 0) is 0 Å². The minimum atomic E-state index is 0.457. The largest absolute Gasteiger partial charge is 0.327 e. The highest BCUT2D eigenvalue weighted by atomic mass is 15.2. The third-order valence-corrected chi connectivity index (χ3v) is 4.24. The summed E-state index contributed by atoms with van der Waals surface area (Å²) in [6, 6.07) is 0.457.